The summed E-state index contributed by atoms with van der Waals surface area (Å²) in [7, 11) is 0. The van der Waals surface area contributed by atoms with Crippen LogP contribution in [-0.2, 0) is 10.3 Å². The number of nitro groups is 1. The van der Waals surface area contributed by atoms with Crippen molar-refractivity contribution >= 4 is 11.9 Å². The summed E-state index contributed by atoms with van der Waals surface area (Å²) in [6, 6.07) is 0. The van der Waals surface area contributed by atoms with Gasteiger partial charge in [-0.3, -0.25) is 4.79 Å². The molecule has 0 aromatic carbocycles. The number of carboxylic acid groups (broad SMARTS) is 1. The second kappa shape index (κ2) is 3.80. The zero-order chi connectivity index (χ0) is 14.8. The number of hydrogen-bond acceptors (Lipinski definition) is 5. The molecule has 1 heterocycles. The summed E-state index contributed by atoms with van der Waals surface area (Å²) in [6.45, 7) is 0. The van der Waals surface area contributed by atoms with Crippen LogP contribution in [0.25, 0.3) is 0 Å². The van der Waals surface area contributed by atoms with Crippen molar-refractivity contribution in [3.8, 4) is 0 Å². The van der Waals surface area contributed by atoms with Crippen LogP contribution in [0.5, 0.6) is 0 Å². The average molecular weight is 292 g/mol. The van der Waals surface area contributed by atoms with Gasteiger partial charge in [0.05, 0.1) is 11.0 Å². The minimum atomic E-state index is -0.726. The molecular formula is C13H16N4O4. The Labute approximate surface area is 120 Å². The summed E-state index contributed by atoms with van der Waals surface area (Å²) < 4.78 is 1.58. The summed E-state index contributed by atoms with van der Waals surface area (Å²) in [5.74, 6) is -0.373. The van der Waals surface area contributed by atoms with Crippen LogP contribution in [0.4, 0.5) is 5.95 Å². The van der Waals surface area contributed by atoms with E-state index in [4.69, 9.17) is 0 Å². The van der Waals surface area contributed by atoms with Crippen molar-refractivity contribution in [2.75, 3.05) is 0 Å². The fourth-order valence-corrected chi connectivity index (χ4v) is 5.30. The molecule has 1 N–H and O–H groups in total. The van der Waals surface area contributed by atoms with E-state index in [1.807, 2.05) is 0 Å². The fraction of sp³-hybridized carbons (Fsp3) is 0.769. The second-order valence-electron chi connectivity index (χ2n) is 7.02. The van der Waals surface area contributed by atoms with Gasteiger partial charge < -0.3 is 15.2 Å². The number of aliphatic carboxylic acids is 1. The Bertz CT molecular complexity index is 626. The first kappa shape index (κ1) is 12.7. The summed E-state index contributed by atoms with van der Waals surface area (Å²) in [5, 5.41) is 24.5. The molecule has 4 aliphatic rings. The molecule has 0 radical (unpaired) electrons. The van der Waals surface area contributed by atoms with Crippen LogP contribution in [0.2, 0.25) is 0 Å². The summed E-state index contributed by atoms with van der Waals surface area (Å²) in [6.07, 6.45) is 6.18. The van der Waals surface area contributed by atoms with Crippen molar-refractivity contribution in [2.24, 2.45) is 17.3 Å². The fourth-order valence-electron chi connectivity index (χ4n) is 5.30. The molecule has 4 aliphatic carbocycles. The van der Waals surface area contributed by atoms with Crippen molar-refractivity contribution in [3.63, 3.8) is 0 Å². The lowest BCUT2D eigenvalue weighted by Crippen LogP contribution is -2.59. The number of carboxylic acids is 1. The molecule has 0 unspecified atom stereocenters. The number of carbonyl (C=O) groups is 1. The van der Waals surface area contributed by atoms with Gasteiger partial charge in [0.1, 0.15) is 0 Å². The molecule has 4 saturated carbocycles. The van der Waals surface area contributed by atoms with Gasteiger partial charge in [-0.2, -0.15) is 4.68 Å². The number of rotatable bonds is 3. The zero-order valence-electron chi connectivity index (χ0n) is 11.4. The van der Waals surface area contributed by atoms with Crippen molar-refractivity contribution in [3.05, 3.63) is 16.4 Å². The van der Waals surface area contributed by atoms with Crippen LogP contribution >= 0.6 is 0 Å². The maximum atomic E-state index is 11.8. The summed E-state index contributed by atoms with van der Waals surface area (Å²) in [4.78, 5) is 25.7. The van der Waals surface area contributed by atoms with Gasteiger partial charge in [0.2, 0.25) is 6.33 Å². The van der Waals surface area contributed by atoms with Crippen molar-refractivity contribution < 1.29 is 14.8 Å². The van der Waals surface area contributed by atoms with Crippen molar-refractivity contribution in [2.45, 2.75) is 44.1 Å². The standard InChI is InChI=1S/C13H16N4O4/c18-10(19)12-2-8-1-9(3-12)5-13(4-8,6-12)16-7-14-11(15-16)17(20)21/h7-9H,1-6H2,(H,18,19)/t8-,9-,12?,13?/m1/s1. The monoisotopic (exact) mass is 292 g/mol. The number of nitrogens with zero attached hydrogens (tertiary/aromatic N) is 4. The Morgan fingerprint density at radius 2 is 2.05 bits per heavy atom. The van der Waals surface area contributed by atoms with Crippen LogP contribution in [0.15, 0.2) is 6.33 Å². The summed E-state index contributed by atoms with van der Waals surface area (Å²) in [5.41, 5.74) is -1.07. The molecule has 8 heteroatoms. The number of hydrogen-bond donors (Lipinski definition) is 1. The highest BCUT2D eigenvalue weighted by molar-refractivity contribution is 5.75. The summed E-state index contributed by atoms with van der Waals surface area (Å²) >= 11 is 0. The minimum absolute atomic E-state index is 0.380. The van der Waals surface area contributed by atoms with E-state index in [9.17, 15) is 20.0 Å². The average Bonchev–Trinajstić information content (AvgIpc) is 2.87. The van der Waals surface area contributed by atoms with Gasteiger partial charge in [0, 0.05) is 5.10 Å². The van der Waals surface area contributed by atoms with E-state index in [0.29, 0.717) is 18.3 Å². The van der Waals surface area contributed by atoms with Crippen LogP contribution in [0, 0.1) is 27.4 Å². The highest BCUT2D eigenvalue weighted by Crippen LogP contribution is 2.64. The molecular weight excluding hydrogens is 276 g/mol. The predicted octanol–water partition coefficient (Wildman–Crippen LogP) is 1.57. The lowest BCUT2D eigenvalue weighted by Gasteiger charge is -2.59. The second-order valence-corrected chi connectivity index (χ2v) is 7.02. The van der Waals surface area contributed by atoms with E-state index < -0.39 is 27.8 Å². The van der Waals surface area contributed by atoms with Gasteiger partial charge in [-0.1, -0.05) is 4.98 Å². The highest BCUT2D eigenvalue weighted by atomic mass is 16.6. The normalized spacial score (nSPS) is 40.4. The molecule has 0 spiro atoms. The molecule has 0 amide bonds. The molecule has 8 nitrogen and oxygen atoms in total. The molecule has 112 valence electrons. The molecule has 0 aliphatic heterocycles. The Hall–Kier alpha value is -1.99. The van der Waals surface area contributed by atoms with Gasteiger partial charge in [0.15, 0.2) is 0 Å². The van der Waals surface area contributed by atoms with E-state index in [0.717, 1.165) is 32.1 Å². The van der Waals surface area contributed by atoms with Gasteiger partial charge in [-0.05, 0) is 55.3 Å². The molecule has 1 aromatic heterocycles. The SMILES string of the molecule is O=C(O)C12C[C@H]3C[C@H](C1)CC(n1cnc([N+](=O)[O-])n1)(C3)C2. The first-order valence-electron chi connectivity index (χ1n) is 7.22. The highest BCUT2D eigenvalue weighted by Gasteiger charge is 2.62. The maximum Gasteiger partial charge on any atom is 0.490 e. The van der Waals surface area contributed by atoms with E-state index >= 15 is 0 Å². The first-order valence-corrected chi connectivity index (χ1v) is 7.22. The third-order valence-electron chi connectivity index (χ3n) is 5.61. The molecule has 1 aromatic rings. The van der Waals surface area contributed by atoms with Crippen molar-refractivity contribution in [1.82, 2.24) is 14.8 Å². The Morgan fingerprint density at radius 3 is 2.57 bits per heavy atom. The molecule has 5 rings (SSSR count). The van der Waals surface area contributed by atoms with E-state index in [2.05, 4.69) is 10.1 Å². The van der Waals surface area contributed by atoms with Gasteiger partial charge >= 0.3 is 11.9 Å². The third-order valence-corrected chi connectivity index (χ3v) is 5.61. The Morgan fingerprint density at radius 1 is 1.38 bits per heavy atom. The zero-order valence-corrected chi connectivity index (χ0v) is 11.4. The lowest BCUT2D eigenvalue weighted by molar-refractivity contribution is -0.394. The van der Waals surface area contributed by atoms with Gasteiger partial charge in [-0.25, -0.2) is 0 Å². The third kappa shape index (κ3) is 1.64. The minimum Gasteiger partial charge on any atom is -0.481 e. The predicted molar refractivity (Wildman–Crippen MR) is 69.4 cm³/mol. The Kier molecular flexibility index (Phi) is 2.31. The van der Waals surface area contributed by atoms with E-state index in [1.54, 1.807) is 4.68 Å². The van der Waals surface area contributed by atoms with Crippen LogP contribution in [0.1, 0.15) is 38.5 Å². The van der Waals surface area contributed by atoms with E-state index in [-0.39, 0.29) is 0 Å². The molecule has 2 atom stereocenters. The molecule has 4 fully saturated rings. The van der Waals surface area contributed by atoms with Crippen LogP contribution < -0.4 is 0 Å². The largest absolute Gasteiger partial charge is 0.490 e. The topological polar surface area (TPSA) is 111 Å². The molecule has 0 saturated heterocycles. The van der Waals surface area contributed by atoms with E-state index in [1.165, 1.54) is 6.33 Å². The Balaban J connectivity index is 1.76. The van der Waals surface area contributed by atoms with Crippen LogP contribution in [-0.4, -0.2) is 30.8 Å². The van der Waals surface area contributed by atoms with Gasteiger partial charge in [0.25, 0.3) is 0 Å². The number of aromatic nitrogens is 3. The maximum absolute atomic E-state index is 11.8. The molecule has 4 bridgehead atoms. The molecule has 21 heavy (non-hydrogen) atoms. The lowest BCUT2D eigenvalue weighted by atomic mass is 9.47. The van der Waals surface area contributed by atoms with Gasteiger partial charge in [-0.15, -0.1) is 0 Å². The van der Waals surface area contributed by atoms with Crippen LogP contribution in [0.3, 0.4) is 0 Å². The van der Waals surface area contributed by atoms with Crippen molar-refractivity contribution in [1.29, 1.82) is 0 Å². The smallest absolute Gasteiger partial charge is 0.481 e. The quantitative estimate of drug-likeness (QED) is 0.668. The first-order chi connectivity index (χ1) is 9.92.